The second-order valence-electron chi connectivity index (χ2n) is 1.67. The molecule has 0 saturated heterocycles. The molecule has 66 valence electrons. The number of ether oxygens (including phenoxy) is 1. The van der Waals surface area contributed by atoms with E-state index < -0.39 is 7.60 Å². The maximum atomic E-state index is 11.2. The van der Waals surface area contributed by atoms with Crippen LogP contribution in [0.4, 0.5) is 0 Å². The van der Waals surface area contributed by atoms with Gasteiger partial charge < -0.3 is 13.8 Å². The van der Waals surface area contributed by atoms with E-state index in [0.29, 0.717) is 0 Å². The minimum absolute atomic E-state index is 0.0441. The van der Waals surface area contributed by atoms with Crippen LogP contribution in [-0.4, -0.2) is 33.5 Å². The highest BCUT2D eigenvalue weighted by Gasteiger charge is 2.20. The van der Waals surface area contributed by atoms with Gasteiger partial charge in [-0.1, -0.05) is 0 Å². The van der Waals surface area contributed by atoms with E-state index in [1.165, 1.54) is 14.2 Å². The minimum Gasteiger partial charge on any atom is -0.467 e. The highest BCUT2D eigenvalue weighted by Crippen LogP contribution is 2.45. The van der Waals surface area contributed by atoms with Crippen molar-refractivity contribution < 1.29 is 23.1 Å². The molecule has 0 aromatic rings. The van der Waals surface area contributed by atoms with E-state index in [2.05, 4.69) is 13.8 Å². The van der Waals surface area contributed by atoms with Gasteiger partial charge in [-0.3, -0.25) is 9.36 Å². The molecule has 11 heavy (non-hydrogen) atoms. The molecule has 0 amide bonds. The standard InChI is InChI=1S/C5H11O5P/c1-8-11(7,9-2)4-3-10-5-6/h5H,3-4H2,1-2H3. The summed E-state index contributed by atoms with van der Waals surface area (Å²) in [5.41, 5.74) is 0. The van der Waals surface area contributed by atoms with Crippen LogP contribution in [0, 0.1) is 0 Å². The van der Waals surface area contributed by atoms with Gasteiger partial charge in [0.2, 0.25) is 0 Å². The molecule has 0 radical (unpaired) electrons. The fourth-order valence-electron chi connectivity index (χ4n) is 0.470. The fraction of sp³-hybridized carbons (Fsp3) is 0.800. The second kappa shape index (κ2) is 5.29. The maximum Gasteiger partial charge on any atom is 0.333 e. The van der Waals surface area contributed by atoms with Gasteiger partial charge in [0, 0.05) is 14.2 Å². The molecule has 0 bridgehead atoms. The molecule has 5 nitrogen and oxygen atoms in total. The quantitative estimate of drug-likeness (QED) is 0.342. The average Bonchev–Trinajstić information content (AvgIpc) is 2.05. The van der Waals surface area contributed by atoms with Gasteiger partial charge in [0.15, 0.2) is 0 Å². The van der Waals surface area contributed by atoms with Gasteiger partial charge in [-0.15, -0.1) is 0 Å². The second-order valence-corrected chi connectivity index (χ2v) is 4.07. The highest BCUT2D eigenvalue weighted by atomic mass is 31.2. The van der Waals surface area contributed by atoms with E-state index in [0.717, 1.165) is 0 Å². The largest absolute Gasteiger partial charge is 0.467 e. The lowest BCUT2D eigenvalue weighted by molar-refractivity contribution is -0.128. The molecule has 0 saturated carbocycles. The molecule has 0 fully saturated rings. The molecule has 0 aromatic carbocycles. The van der Waals surface area contributed by atoms with Gasteiger partial charge >= 0.3 is 7.60 Å². The van der Waals surface area contributed by atoms with Crippen LogP contribution in [0.1, 0.15) is 0 Å². The third-order valence-corrected chi connectivity index (χ3v) is 2.95. The van der Waals surface area contributed by atoms with Crippen molar-refractivity contribution >= 4 is 14.1 Å². The molecular formula is C5H11O5P. The lowest BCUT2D eigenvalue weighted by Gasteiger charge is -2.11. The lowest BCUT2D eigenvalue weighted by Crippen LogP contribution is -2.02. The van der Waals surface area contributed by atoms with Crippen molar-refractivity contribution in [3.63, 3.8) is 0 Å². The molecule has 0 aliphatic carbocycles. The molecule has 0 unspecified atom stereocenters. The van der Waals surface area contributed by atoms with Crippen molar-refractivity contribution in [1.82, 2.24) is 0 Å². The third-order valence-electron chi connectivity index (χ3n) is 1.11. The molecule has 0 N–H and O–H groups in total. The zero-order chi connectivity index (χ0) is 8.74. The first-order valence-corrected chi connectivity index (χ1v) is 4.67. The maximum absolute atomic E-state index is 11.2. The van der Waals surface area contributed by atoms with E-state index >= 15 is 0 Å². The Bertz CT molecular complexity index is 149. The first kappa shape index (κ1) is 10.6. The van der Waals surface area contributed by atoms with Gasteiger partial charge in [0.05, 0.1) is 6.16 Å². The summed E-state index contributed by atoms with van der Waals surface area (Å²) in [5, 5.41) is 0. The Hall–Kier alpha value is -0.380. The molecule has 0 aliphatic rings. The zero-order valence-corrected chi connectivity index (χ0v) is 7.37. The molecule has 0 heterocycles. The van der Waals surface area contributed by atoms with Gasteiger partial charge in [-0.05, 0) is 0 Å². The van der Waals surface area contributed by atoms with Crippen molar-refractivity contribution in [1.29, 1.82) is 0 Å². The van der Waals surface area contributed by atoms with E-state index in [9.17, 15) is 9.36 Å². The fourth-order valence-corrected chi connectivity index (χ4v) is 1.31. The Morgan fingerprint density at radius 3 is 2.27 bits per heavy atom. The topological polar surface area (TPSA) is 61.8 Å². The lowest BCUT2D eigenvalue weighted by atomic mass is 10.9. The molecular weight excluding hydrogens is 171 g/mol. The number of hydrogen-bond donors (Lipinski definition) is 0. The number of carbonyl (C=O) groups is 1. The first-order chi connectivity index (χ1) is 5.18. The summed E-state index contributed by atoms with van der Waals surface area (Å²) in [6.45, 7) is 0.331. The van der Waals surface area contributed by atoms with Crippen LogP contribution in [-0.2, 0) is 23.1 Å². The Kier molecular flexibility index (Phi) is 5.11. The molecule has 0 spiro atoms. The summed E-state index contributed by atoms with van der Waals surface area (Å²) in [7, 11) is -0.429. The van der Waals surface area contributed by atoms with Crippen molar-refractivity contribution in [3.05, 3.63) is 0 Å². The van der Waals surface area contributed by atoms with Crippen LogP contribution < -0.4 is 0 Å². The van der Waals surface area contributed by atoms with Gasteiger partial charge in [0.25, 0.3) is 6.47 Å². The van der Waals surface area contributed by atoms with Gasteiger partial charge in [-0.25, -0.2) is 0 Å². The van der Waals surface area contributed by atoms with Crippen LogP contribution in [0.15, 0.2) is 0 Å². The monoisotopic (exact) mass is 182 g/mol. The number of rotatable bonds is 6. The molecule has 0 aliphatic heterocycles. The summed E-state index contributed by atoms with van der Waals surface area (Å²) < 4.78 is 24.6. The van der Waals surface area contributed by atoms with E-state index in [-0.39, 0.29) is 19.2 Å². The Balaban J connectivity index is 3.69. The van der Waals surface area contributed by atoms with E-state index in [1.807, 2.05) is 0 Å². The molecule has 0 aromatic heterocycles. The van der Waals surface area contributed by atoms with Crippen molar-refractivity contribution in [2.75, 3.05) is 27.0 Å². The van der Waals surface area contributed by atoms with Crippen molar-refractivity contribution in [3.8, 4) is 0 Å². The molecule has 0 atom stereocenters. The van der Waals surface area contributed by atoms with E-state index in [4.69, 9.17) is 0 Å². The summed E-state index contributed by atoms with van der Waals surface area (Å²) in [6, 6.07) is 0. The van der Waals surface area contributed by atoms with Crippen molar-refractivity contribution in [2.45, 2.75) is 0 Å². The van der Waals surface area contributed by atoms with Crippen molar-refractivity contribution in [2.24, 2.45) is 0 Å². The Morgan fingerprint density at radius 2 is 1.91 bits per heavy atom. The Labute approximate surface area is 65.2 Å². The molecule has 0 rings (SSSR count). The SMILES string of the molecule is COP(=O)(CCOC=O)OC. The number of carbonyl (C=O) groups excluding carboxylic acids is 1. The minimum atomic E-state index is -2.99. The summed E-state index contributed by atoms with van der Waals surface area (Å²) in [5.74, 6) is 0. The zero-order valence-electron chi connectivity index (χ0n) is 6.48. The summed E-state index contributed by atoms with van der Waals surface area (Å²) in [4.78, 5) is 9.67. The van der Waals surface area contributed by atoms with Gasteiger partial charge in [-0.2, -0.15) is 0 Å². The van der Waals surface area contributed by atoms with Crippen LogP contribution >= 0.6 is 7.60 Å². The summed E-state index contributed by atoms with van der Waals surface area (Å²) in [6.07, 6.45) is 0.0821. The molecule has 6 heteroatoms. The van der Waals surface area contributed by atoms with Crippen LogP contribution in [0.2, 0.25) is 0 Å². The smallest absolute Gasteiger partial charge is 0.333 e. The predicted molar refractivity (Wildman–Crippen MR) is 38.5 cm³/mol. The van der Waals surface area contributed by atoms with E-state index in [1.54, 1.807) is 0 Å². The summed E-state index contributed by atoms with van der Waals surface area (Å²) >= 11 is 0. The number of hydrogen-bond acceptors (Lipinski definition) is 5. The average molecular weight is 182 g/mol. The first-order valence-electron chi connectivity index (χ1n) is 2.94. The normalized spacial score (nSPS) is 11.1. The van der Waals surface area contributed by atoms with Crippen LogP contribution in [0.25, 0.3) is 0 Å². The predicted octanol–water partition coefficient (Wildman–Crippen LogP) is 0.645. The highest BCUT2D eigenvalue weighted by molar-refractivity contribution is 7.53. The van der Waals surface area contributed by atoms with Crippen LogP contribution in [0.3, 0.4) is 0 Å². The van der Waals surface area contributed by atoms with Gasteiger partial charge in [0.1, 0.15) is 6.61 Å². The third kappa shape index (κ3) is 4.14. The van der Waals surface area contributed by atoms with Crippen LogP contribution in [0.5, 0.6) is 0 Å². The Morgan fingerprint density at radius 1 is 1.36 bits per heavy atom.